The SMILES string of the molecule is O=C(CSCc1ccccc1)NC1CC1. The Morgan fingerprint density at radius 3 is 2.73 bits per heavy atom. The van der Waals surface area contributed by atoms with Crippen molar-refractivity contribution >= 4 is 17.7 Å². The van der Waals surface area contributed by atoms with Crippen molar-refractivity contribution in [2.75, 3.05) is 5.75 Å². The molecule has 0 radical (unpaired) electrons. The summed E-state index contributed by atoms with van der Waals surface area (Å²) >= 11 is 1.67. The van der Waals surface area contributed by atoms with Gasteiger partial charge in [0.15, 0.2) is 0 Å². The smallest absolute Gasteiger partial charge is 0.230 e. The van der Waals surface area contributed by atoms with Gasteiger partial charge in [0, 0.05) is 11.8 Å². The Morgan fingerprint density at radius 1 is 1.33 bits per heavy atom. The molecule has 0 heterocycles. The van der Waals surface area contributed by atoms with E-state index in [1.54, 1.807) is 11.8 Å². The van der Waals surface area contributed by atoms with E-state index in [2.05, 4.69) is 17.4 Å². The van der Waals surface area contributed by atoms with Crippen LogP contribution < -0.4 is 5.32 Å². The van der Waals surface area contributed by atoms with Crippen LogP contribution >= 0.6 is 11.8 Å². The molecule has 0 bridgehead atoms. The first-order valence-electron chi connectivity index (χ1n) is 5.25. The first-order valence-corrected chi connectivity index (χ1v) is 6.41. The number of thioether (sulfide) groups is 1. The van der Waals surface area contributed by atoms with Gasteiger partial charge in [-0.2, -0.15) is 0 Å². The van der Waals surface area contributed by atoms with Crippen LogP contribution in [0.4, 0.5) is 0 Å². The van der Waals surface area contributed by atoms with Crippen LogP contribution in [0.5, 0.6) is 0 Å². The Balaban J connectivity index is 1.63. The minimum Gasteiger partial charge on any atom is -0.353 e. The molecule has 1 aromatic rings. The predicted octanol–water partition coefficient (Wildman–Crippen LogP) is 2.20. The molecule has 1 fully saturated rings. The fourth-order valence-electron chi connectivity index (χ4n) is 1.33. The fourth-order valence-corrected chi connectivity index (χ4v) is 2.13. The molecule has 80 valence electrons. The molecule has 0 atom stereocenters. The molecular formula is C12H15NOS. The summed E-state index contributed by atoms with van der Waals surface area (Å²) < 4.78 is 0. The van der Waals surface area contributed by atoms with E-state index in [0.29, 0.717) is 11.8 Å². The van der Waals surface area contributed by atoms with Crippen molar-refractivity contribution in [1.82, 2.24) is 5.32 Å². The summed E-state index contributed by atoms with van der Waals surface area (Å²) in [7, 11) is 0. The highest BCUT2D eigenvalue weighted by Gasteiger charge is 2.22. The van der Waals surface area contributed by atoms with E-state index >= 15 is 0 Å². The molecule has 0 unspecified atom stereocenters. The van der Waals surface area contributed by atoms with E-state index in [0.717, 1.165) is 18.6 Å². The van der Waals surface area contributed by atoms with Gasteiger partial charge in [-0.05, 0) is 18.4 Å². The van der Waals surface area contributed by atoms with Crippen molar-refractivity contribution in [3.63, 3.8) is 0 Å². The topological polar surface area (TPSA) is 29.1 Å². The minimum atomic E-state index is 0.179. The van der Waals surface area contributed by atoms with Crippen molar-refractivity contribution in [3.8, 4) is 0 Å². The van der Waals surface area contributed by atoms with Crippen molar-refractivity contribution in [2.24, 2.45) is 0 Å². The average Bonchev–Trinajstić information content (AvgIpc) is 3.03. The molecule has 1 aliphatic carbocycles. The van der Waals surface area contributed by atoms with Crippen LogP contribution in [0.3, 0.4) is 0 Å². The third-order valence-electron chi connectivity index (χ3n) is 2.29. The molecule has 2 nitrogen and oxygen atoms in total. The predicted molar refractivity (Wildman–Crippen MR) is 63.8 cm³/mol. The van der Waals surface area contributed by atoms with Gasteiger partial charge in [0.05, 0.1) is 5.75 Å². The summed E-state index contributed by atoms with van der Waals surface area (Å²) in [6, 6.07) is 10.7. The maximum atomic E-state index is 11.4. The molecule has 15 heavy (non-hydrogen) atoms. The summed E-state index contributed by atoms with van der Waals surface area (Å²) in [5.74, 6) is 1.67. The highest BCUT2D eigenvalue weighted by atomic mass is 32.2. The van der Waals surface area contributed by atoms with Crippen LogP contribution in [0.2, 0.25) is 0 Å². The Hall–Kier alpha value is -0.960. The molecule has 1 aromatic carbocycles. The molecule has 2 rings (SSSR count). The van der Waals surface area contributed by atoms with Gasteiger partial charge < -0.3 is 5.32 Å². The Morgan fingerprint density at radius 2 is 2.07 bits per heavy atom. The summed E-state index contributed by atoms with van der Waals surface area (Å²) in [5.41, 5.74) is 1.28. The number of nitrogens with one attached hydrogen (secondary N) is 1. The van der Waals surface area contributed by atoms with Gasteiger partial charge >= 0.3 is 0 Å². The molecular weight excluding hydrogens is 206 g/mol. The Labute approximate surface area is 94.4 Å². The summed E-state index contributed by atoms with van der Waals surface area (Å²) in [4.78, 5) is 11.4. The number of amides is 1. The summed E-state index contributed by atoms with van der Waals surface area (Å²) in [5, 5.41) is 2.98. The maximum absolute atomic E-state index is 11.4. The van der Waals surface area contributed by atoms with Gasteiger partial charge in [-0.15, -0.1) is 11.8 Å². The lowest BCUT2D eigenvalue weighted by atomic mass is 10.2. The largest absolute Gasteiger partial charge is 0.353 e. The zero-order valence-corrected chi connectivity index (χ0v) is 9.43. The third kappa shape index (κ3) is 3.96. The van der Waals surface area contributed by atoms with Crippen molar-refractivity contribution in [3.05, 3.63) is 35.9 Å². The number of benzene rings is 1. The van der Waals surface area contributed by atoms with E-state index in [-0.39, 0.29) is 5.91 Å². The highest BCUT2D eigenvalue weighted by Crippen LogP contribution is 2.19. The van der Waals surface area contributed by atoms with Crippen LogP contribution in [-0.2, 0) is 10.5 Å². The van der Waals surface area contributed by atoms with Crippen LogP contribution in [0.25, 0.3) is 0 Å². The van der Waals surface area contributed by atoms with E-state index in [1.807, 2.05) is 18.2 Å². The first kappa shape index (κ1) is 10.6. The Kier molecular flexibility index (Phi) is 3.67. The number of carbonyl (C=O) groups excluding carboxylic acids is 1. The number of rotatable bonds is 5. The zero-order chi connectivity index (χ0) is 10.5. The van der Waals surface area contributed by atoms with Crippen molar-refractivity contribution in [1.29, 1.82) is 0 Å². The van der Waals surface area contributed by atoms with E-state index in [4.69, 9.17) is 0 Å². The second-order valence-electron chi connectivity index (χ2n) is 3.82. The van der Waals surface area contributed by atoms with Crippen LogP contribution in [0.15, 0.2) is 30.3 Å². The van der Waals surface area contributed by atoms with E-state index in [9.17, 15) is 4.79 Å². The summed E-state index contributed by atoms with van der Waals surface area (Å²) in [6.45, 7) is 0. The summed E-state index contributed by atoms with van der Waals surface area (Å²) in [6.07, 6.45) is 2.32. The first-order chi connectivity index (χ1) is 7.34. The second kappa shape index (κ2) is 5.21. The third-order valence-corrected chi connectivity index (χ3v) is 3.29. The van der Waals surface area contributed by atoms with E-state index < -0.39 is 0 Å². The standard InChI is InChI=1S/C12H15NOS/c14-12(13-11-6-7-11)9-15-8-10-4-2-1-3-5-10/h1-5,11H,6-9H2,(H,13,14). The molecule has 0 saturated heterocycles. The normalized spacial score (nSPS) is 14.9. The molecule has 1 amide bonds. The van der Waals surface area contributed by atoms with Gasteiger partial charge in [0.25, 0.3) is 0 Å². The maximum Gasteiger partial charge on any atom is 0.230 e. The van der Waals surface area contributed by atoms with Gasteiger partial charge in [-0.3, -0.25) is 4.79 Å². The Bertz CT molecular complexity index is 322. The minimum absolute atomic E-state index is 0.179. The van der Waals surface area contributed by atoms with Gasteiger partial charge in [0.1, 0.15) is 0 Å². The van der Waals surface area contributed by atoms with E-state index in [1.165, 1.54) is 5.56 Å². The van der Waals surface area contributed by atoms with Gasteiger partial charge in [-0.1, -0.05) is 30.3 Å². The number of hydrogen-bond acceptors (Lipinski definition) is 2. The van der Waals surface area contributed by atoms with Gasteiger partial charge in [-0.25, -0.2) is 0 Å². The fraction of sp³-hybridized carbons (Fsp3) is 0.417. The van der Waals surface area contributed by atoms with Crippen LogP contribution in [0.1, 0.15) is 18.4 Å². The zero-order valence-electron chi connectivity index (χ0n) is 8.61. The second-order valence-corrected chi connectivity index (χ2v) is 4.81. The lowest BCUT2D eigenvalue weighted by Crippen LogP contribution is -2.27. The van der Waals surface area contributed by atoms with Crippen LogP contribution in [0, 0.1) is 0 Å². The molecule has 0 spiro atoms. The van der Waals surface area contributed by atoms with Crippen molar-refractivity contribution < 1.29 is 4.79 Å². The highest BCUT2D eigenvalue weighted by molar-refractivity contribution is 7.99. The lowest BCUT2D eigenvalue weighted by molar-refractivity contribution is -0.118. The molecule has 1 aliphatic rings. The molecule has 1 saturated carbocycles. The van der Waals surface area contributed by atoms with Crippen molar-refractivity contribution in [2.45, 2.75) is 24.6 Å². The lowest BCUT2D eigenvalue weighted by Gasteiger charge is -2.03. The molecule has 3 heteroatoms. The monoisotopic (exact) mass is 221 g/mol. The number of carbonyl (C=O) groups is 1. The average molecular weight is 221 g/mol. The van der Waals surface area contributed by atoms with Crippen LogP contribution in [-0.4, -0.2) is 17.7 Å². The van der Waals surface area contributed by atoms with Gasteiger partial charge in [0.2, 0.25) is 5.91 Å². The number of hydrogen-bond donors (Lipinski definition) is 1. The quantitative estimate of drug-likeness (QED) is 0.826. The molecule has 0 aromatic heterocycles. The molecule has 1 N–H and O–H groups in total. The molecule has 0 aliphatic heterocycles.